The minimum Gasteiger partial charge on any atom is -0.494 e. The van der Waals surface area contributed by atoms with Gasteiger partial charge in [-0.25, -0.2) is 0 Å². The number of nitrogens with zero attached hydrogens (tertiary/aromatic N) is 1. The maximum Gasteiger partial charge on any atom is 0.254 e. The fourth-order valence-corrected chi connectivity index (χ4v) is 2.43. The molecular weight excluding hydrogens is 270 g/mol. The minimum atomic E-state index is -0.308. The molecule has 1 aliphatic rings. The van der Waals surface area contributed by atoms with Crippen LogP contribution in [0, 0.1) is 0 Å². The molecule has 2 atom stereocenters. The number of benzene rings is 1. The van der Waals surface area contributed by atoms with Gasteiger partial charge in [-0.2, -0.15) is 0 Å². The largest absolute Gasteiger partial charge is 0.494 e. The molecule has 0 saturated carbocycles. The SMILES string of the molecule is CCCOc1cccc(C(=O)N2CC(C)OC(CO)C2)c1. The minimum absolute atomic E-state index is 0.0504. The number of ether oxygens (including phenoxy) is 2. The van der Waals surface area contributed by atoms with Crippen LogP contribution in [-0.2, 0) is 4.74 Å². The number of rotatable bonds is 5. The Morgan fingerprint density at radius 2 is 2.29 bits per heavy atom. The van der Waals surface area contributed by atoms with Crippen LogP contribution in [0.15, 0.2) is 24.3 Å². The van der Waals surface area contributed by atoms with Gasteiger partial charge in [0.2, 0.25) is 0 Å². The second-order valence-electron chi connectivity index (χ2n) is 5.34. The molecule has 1 saturated heterocycles. The van der Waals surface area contributed by atoms with Crippen molar-refractivity contribution in [2.45, 2.75) is 32.5 Å². The summed E-state index contributed by atoms with van der Waals surface area (Å²) in [7, 11) is 0. The third-order valence-corrected chi connectivity index (χ3v) is 3.37. The number of hydrogen-bond donors (Lipinski definition) is 1. The highest BCUT2D eigenvalue weighted by molar-refractivity contribution is 5.94. The first kappa shape index (κ1) is 15.8. The van der Waals surface area contributed by atoms with E-state index >= 15 is 0 Å². The quantitative estimate of drug-likeness (QED) is 0.897. The van der Waals surface area contributed by atoms with Gasteiger partial charge in [-0.15, -0.1) is 0 Å². The zero-order valence-electron chi connectivity index (χ0n) is 12.6. The number of morpholine rings is 1. The van der Waals surface area contributed by atoms with E-state index in [1.165, 1.54) is 0 Å². The summed E-state index contributed by atoms with van der Waals surface area (Å²) >= 11 is 0. The molecule has 1 aliphatic heterocycles. The molecule has 2 unspecified atom stereocenters. The van der Waals surface area contributed by atoms with Gasteiger partial charge in [-0.05, 0) is 31.5 Å². The molecule has 21 heavy (non-hydrogen) atoms. The Hall–Kier alpha value is -1.59. The molecule has 5 heteroatoms. The van der Waals surface area contributed by atoms with E-state index in [2.05, 4.69) is 0 Å². The lowest BCUT2D eigenvalue weighted by Gasteiger charge is -2.36. The second kappa shape index (κ2) is 7.43. The van der Waals surface area contributed by atoms with Crippen LogP contribution in [-0.4, -0.2) is 54.4 Å². The van der Waals surface area contributed by atoms with Crippen molar-refractivity contribution in [3.63, 3.8) is 0 Å². The van der Waals surface area contributed by atoms with E-state index in [9.17, 15) is 9.90 Å². The third kappa shape index (κ3) is 4.19. The molecule has 0 radical (unpaired) electrons. The molecule has 116 valence electrons. The Bertz CT molecular complexity index is 477. The summed E-state index contributed by atoms with van der Waals surface area (Å²) in [6.07, 6.45) is 0.550. The lowest BCUT2D eigenvalue weighted by atomic mass is 10.1. The van der Waals surface area contributed by atoms with E-state index in [1.54, 1.807) is 17.0 Å². The number of hydrogen-bond acceptors (Lipinski definition) is 4. The first-order valence-corrected chi connectivity index (χ1v) is 7.42. The van der Waals surface area contributed by atoms with E-state index in [-0.39, 0.29) is 24.7 Å². The molecular formula is C16H23NO4. The van der Waals surface area contributed by atoms with Gasteiger partial charge >= 0.3 is 0 Å². The van der Waals surface area contributed by atoms with Gasteiger partial charge in [0.25, 0.3) is 5.91 Å². The first-order chi connectivity index (χ1) is 10.1. The predicted molar refractivity (Wildman–Crippen MR) is 79.6 cm³/mol. The summed E-state index contributed by atoms with van der Waals surface area (Å²) in [6, 6.07) is 7.23. The Balaban J connectivity index is 2.08. The van der Waals surface area contributed by atoms with Crippen molar-refractivity contribution < 1.29 is 19.4 Å². The normalized spacial score (nSPS) is 22.1. The van der Waals surface area contributed by atoms with Crippen LogP contribution in [0.3, 0.4) is 0 Å². The summed E-state index contributed by atoms with van der Waals surface area (Å²) in [5.74, 6) is 0.660. The Morgan fingerprint density at radius 3 is 3.00 bits per heavy atom. The molecule has 2 rings (SSSR count). The molecule has 0 aliphatic carbocycles. The summed E-state index contributed by atoms with van der Waals surface area (Å²) in [5, 5.41) is 9.24. The van der Waals surface area contributed by atoms with E-state index in [1.807, 2.05) is 26.0 Å². The smallest absolute Gasteiger partial charge is 0.254 e. The fourth-order valence-electron chi connectivity index (χ4n) is 2.43. The maximum atomic E-state index is 12.6. The first-order valence-electron chi connectivity index (χ1n) is 7.42. The van der Waals surface area contributed by atoms with Gasteiger partial charge < -0.3 is 19.5 Å². The van der Waals surface area contributed by atoms with Crippen molar-refractivity contribution in [2.24, 2.45) is 0 Å². The van der Waals surface area contributed by atoms with Gasteiger partial charge in [0.15, 0.2) is 0 Å². The van der Waals surface area contributed by atoms with E-state index in [4.69, 9.17) is 9.47 Å². The fraction of sp³-hybridized carbons (Fsp3) is 0.562. The van der Waals surface area contributed by atoms with Crippen LogP contribution in [0.1, 0.15) is 30.6 Å². The lowest BCUT2D eigenvalue weighted by Crippen LogP contribution is -2.50. The van der Waals surface area contributed by atoms with Crippen LogP contribution in [0.5, 0.6) is 5.75 Å². The molecule has 1 amide bonds. The summed E-state index contributed by atoms with van der Waals surface area (Å²) in [5.41, 5.74) is 0.606. The van der Waals surface area contributed by atoms with Crippen molar-refractivity contribution in [2.75, 3.05) is 26.3 Å². The Labute approximate surface area is 125 Å². The van der Waals surface area contributed by atoms with Gasteiger partial charge in [-0.1, -0.05) is 13.0 Å². The highest BCUT2D eigenvalue weighted by Crippen LogP contribution is 2.18. The van der Waals surface area contributed by atoms with Crippen molar-refractivity contribution in [3.05, 3.63) is 29.8 Å². The monoisotopic (exact) mass is 293 g/mol. The van der Waals surface area contributed by atoms with Gasteiger partial charge in [0.1, 0.15) is 5.75 Å². The van der Waals surface area contributed by atoms with Gasteiger partial charge in [-0.3, -0.25) is 4.79 Å². The third-order valence-electron chi connectivity index (χ3n) is 3.37. The van der Waals surface area contributed by atoms with Crippen LogP contribution in [0.4, 0.5) is 0 Å². The van der Waals surface area contributed by atoms with Crippen molar-refractivity contribution in [3.8, 4) is 5.75 Å². The lowest BCUT2D eigenvalue weighted by molar-refractivity contribution is -0.0858. The molecule has 1 heterocycles. The maximum absolute atomic E-state index is 12.6. The molecule has 0 spiro atoms. The van der Waals surface area contributed by atoms with E-state index < -0.39 is 0 Å². The number of carbonyl (C=O) groups excluding carboxylic acids is 1. The van der Waals surface area contributed by atoms with Crippen LogP contribution < -0.4 is 4.74 Å². The number of aliphatic hydroxyl groups is 1. The molecule has 1 aromatic carbocycles. The average Bonchev–Trinajstić information content (AvgIpc) is 2.51. The highest BCUT2D eigenvalue weighted by Gasteiger charge is 2.28. The van der Waals surface area contributed by atoms with Crippen molar-refractivity contribution in [1.82, 2.24) is 4.90 Å². The molecule has 0 bridgehead atoms. The Morgan fingerprint density at radius 1 is 1.48 bits per heavy atom. The molecule has 1 N–H and O–H groups in total. The highest BCUT2D eigenvalue weighted by atomic mass is 16.5. The van der Waals surface area contributed by atoms with Gasteiger partial charge in [0.05, 0.1) is 25.4 Å². The van der Waals surface area contributed by atoms with Crippen LogP contribution >= 0.6 is 0 Å². The summed E-state index contributed by atoms with van der Waals surface area (Å²) in [6.45, 7) is 5.46. The summed E-state index contributed by atoms with van der Waals surface area (Å²) < 4.78 is 11.1. The van der Waals surface area contributed by atoms with Gasteiger partial charge in [0, 0.05) is 18.7 Å². The van der Waals surface area contributed by atoms with Crippen molar-refractivity contribution in [1.29, 1.82) is 0 Å². The number of aliphatic hydroxyl groups excluding tert-OH is 1. The standard InChI is InChI=1S/C16H23NO4/c1-3-7-20-14-6-4-5-13(8-14)16(19)17-9-12(2)21-15(10-17)11-18/h4-6,8,12,15,18H,3,7,9-11H2,1-2H3. The Kier molecular flexibility index (Phi) is 5.59. The van der Waals surface area contributed by atoms with E-state index in [0.717, 1.165) is 6.42 Å². The molecule has 5 nitrogen and oxygen atoms in total. The number of carbonyl (C=O) groups is 1. The van der Waals surface area contributed by atoms with Crippen molar-refractivity contribution >= 4 is 5.91 Å². The molecule has 1 aromatic rings. The van der Waals surface area contributed by atoms with E-state index in [0.29, 0.717) is 31.0 Å². The number of amides is 1. The van der Waals surface area contributed by atoms with Crippen LogP contribution in [0.2, 0.25) is 0 Å². The second-order valence-corrected chi connectivity index (χ2v) is 5.34. The van der Waals surface area contributed by atoms with Crippen LogP contribution in [0.25, 0.3) is 0 Å². The topological polar surface area (TPSA) is 59.0 Å². The average molecular weight is 293 g/mol. The zero-order valence-corrected chi connectivity index (χ0v) is 12.6. The predicted octanol–water partition coefficient (Wildman–Crippen LogP) is 1.70. The summed E-state index contributed by atoms with van der Waals surface area (Å²) in [4.78, 5) is 14.3. The molecule has 0 aromatic heterocycles. The zero-order chi connectivity index (χ0) is 15.2. The molecule has 1 fully saturated rings.